The molecule has 0 bridgehead atoms. The average molecular weight is 342 g/mol. The average Bonchev–Trinajstić information content (AvgIpc) is 3.24. The first-order valence-electron chi connectivity index (χ1n) is 9.69. The molecule has 2 saturated heterocycles. The van der Waals surface area contributed by atoms with Crippen LogP contribution in [0.4, 0.5) is 0 Å². The zero-order valence-corrected chi connectivity index (χ0v) is 15.5. The van der Waals surface area contributed by atoms with Crippen molar-refractivity contribution < 1.29 is 9.53 Å². The lowest BCUT2D eigenvalue weighted by molar-refractivity contribution is 0.0530. The van der Waals surface area contributed by atoms with E-state index in [0.29, 0.717) is 5.92 Å². The molecule has 0 unspecified atom stereocenters. The van der Waals surface area contributed by atoms with Crippen LogP contribution in [0.3, 0.4) is 0 Å². The third kappa shape index (κ3) is 3.47. The maximum Gasteiger partial charge on any atom is 0.254 e. The van der Waals surface area contributed by atoms with E-state index in [0.717, 1.165) is 62.9 Å². The lowest BCUT2D eigenvalue weighted by atomic mass is 9.77. The fraction of sp³-hybridized carbons (Fsp3) is 0.667. The van der Waals surface area contributed by atoms with Crippen molar-refractivity contribution in [2.75, 3.05) is 46.4 Å². The van der Waals surface area contributed by atoms with Crippen molar-refractivity contribution in [2.45, 2.75) is 26.2 Å². The maximum absolute atomic E-state index is 13.0. The van der Waals surface area contributed by atoms with Gasteiger partial charge in [0.15, 0.2) is 0 Å². The summed E-state index contributed by atoms with van der Waals surface area (Å²) in [5.41, 5.74) is 2.14. The van der Waals surface area contributed by atoms with E-state index in [4.69, 9.17) is 4.74 Å². The molecule has 2 heterocycles. The topological polar surface area (TPSA) is 32.8 Å². The number of nitrogens with zero attached hydrogens (tertiary/aromatic N) is 2. The van der Waals surface area contributed by atoms with Gasteiger partial charge in [0.2, 0.25) is 0 Å². The molecule has 0 aromatic heterocycles. The second-order valence-electron chi connectivity index (χ2n) is 8.53. The van der Waals surface area contributed by atoms with Crippen molar-refractivity contribution in [3.63, 3.8) is 0 Å². The van der Waals surface area contributed by atoms with E-state index in [1.807, 2.05) is 31.2 Å². The van der Waals surface area contributed by atoms with Crippen LogP contribution in [0.2, 0.25) is 0 Å². The van der Waals surface area contributed by atoms with E-state index in [2.05, 4.69) is 16.8 Å². The minimum Gasteiger partial charge on any atom is -0.381 e. The van der Waals surface area contributed by atoms with Crippen LogP contribution in [0.25, 0.3) is 0 Å². The number of carbonyl (C=O) groups is 1. The van der Waals surface area contributed by atoms with Gasteiger partial charge in [-0.2, -0.15) is 0 Å². The predicted octanol–water partition coefficient (Wildman–Crippen LogP) is 2.82. The molecule has 2 aliphatic heterocycles. The first-order valence-corrected chi connectivity index (χ1v) is 9.69. The Morgan fingerprint density at radius 2 is 2.04 bits per heavy atom. The molecule has 4 rings (SSSR count). The monoisotopic (exact) mass is 342 g/mol. The summed E-state index contributed by atoms with van der Waals surface area (Å²) in [4.78, 5) is 17.5. The molecule has 1 aromatic rings. The van der Waals surface area contributed by atoms with E-state index < -0.39 is 0 Å². The molecule has 1 saturated carbocycles. The number of amides is 1. The Morgan fingerprint density at radius 1 is 1.24 bits per heavy atom. The fourth-order valence-corrected chi connectivity index (χ4v) is 4.71. The third-order valence-electron chi connectivity index (χ3n) is 6.40. The van der Waals surface area contributed by atoms with Crippen LogP contribution in [0.1, 0.15) is 35.2 Å². The highest BCUT2D eigenvalue weighted by molar-refractivity contribution is 5.95. The van der Waals surface area contributed by atoms with Crippen LogP contribution in [-0.2, 0) is 4.74 Å². The quantitative estimate of drug-likeness (QED) is 0.825. The Bertz CT molecular complexity index is 643. The van der Waals surface area contributed by atoms with Gasteiger partial charge in [-0.15, -0.1) is 0 Å². The van der Waals surface area contributed by atoms with Crippen LogP contribution >= 0.6 is 0 Å². The van der Waals surface area contributed by atoms with E-state index in [1.54, 1.807) is 0 Å². The van der Waals surface area contributed by atoms with Gasteiger partial charge >= 0.3 is 0 Å². The Labute approximate surface area is 151 Å². The summed E-state index contributed by atoms with van der Waals surface area (Å²) >= 11 is 0. The normalized spacial score (nSPS) is 29.7. The van der Waals surface area contributed by atoms with Crippen molar-refractivity contribution in [2.24, 2.45) is 17.3 Å². The molecule has 1 spiro atoms. The molecule has 25 heavy (non-hydrogen) atoms. The number of hydrogen-bond donors (Lipinski definition) is 0. The number of carbonyl (C=O) groups excluding carboxylic acids is 1. The second kappa shape index (κ2) is 6.73. The van der Waals surface area contributed by atoms with Gasteiger partial charge in [0.1, 0.15) is 0 Å². The van der Waals surface area contributed by atoms with E-state index in [1.165, 1.54) is 12.8 Å². The van der Waals surface area contributed by atoms with Crippen molar-refractivity contribution in [1.29, 1.82) is 0 Å². The number of benzene rings is 1. The van der Waals surface area contributed by atoms with Crippen LogP contribution in [0.15, 0.2) is 24.3 Å². The summed E-state index contributed by atoms with van der Waals surface area (Å²) in [6, 6.07) is 7.94. The zero-order chi connectivity index (χ0) is 17.4. The fourth-order valence-electron chi connectivity index (χ4n) is 4.71. The number of rotatable bonds is 5. The van der Waals surface area contributed by atoms with Crippen LogP contribution in [0.5, 0.6) is 0 Å². The summed E-state index contributed by atoms with van der Waals surface area (Å²) in [6.07, 6.45) is 3.79. The molecule has 136 valence electrons. The minimum absolute atomic E-state index is 0.196. The molecule has 0 radical (unpaired) electrons. The summed E-state index contributed by atoms with van der Waals surface area (Å²) in [5, 5.41) is 0. The van der Waals surface area contributed by atoms with E-state index >= 15 is 0 Å². The molecular formula is C21H30N2O2. The van der Waals surface area contributed by atoms with Gasteiger partial charge in [0.05, 0.1) is 6.61 Å². The summed E-state index contributed by atoms with van der Waals surface area (Å²) in [6.45, 7) is 7.74. The molecule has 2 atom stereocenters. The van der Waals surface area contributed by atoms with Gasteiger partial charge in [-0.25, -0.2) is 0 Å². The van der Waals surface area contributed by atoms with Gasteiger partial charge in [0, 0.05) is 49.7 Å². The van der Waals surface area contributed by atoms with Crippen molar-refractivity contribution in [3.05, 3.63) is 35.4 Å². The molecule has 3 aliphatic rings. The standard InChI is InChI=1S/C21H30N2O2/c1-16-5-3-4-6-19(16)20(24)23-10-9-21(15-23)14-22(2)11-18(21)13-25-12-17-7-8-17/h3-6,17-18H,7-15H2,1-2H3/t18-,21+/m1/s1. The lowest BCUT2D eigenvalue weighted by Gasteiger charge is -2.30. The molecule has 1 aromatic carbocycles. The third-order valence-corrected chi connectivity index (χ3v) is 6.40. The molecule has 0 N–H and O–H groups in total. The SMILES string of the molecule is Cc1ccccc1C(=O)N1CC[C@]2(CN(C)C[C@@H]2COCC2CC2)C1. The number of aryl methyl sites for hydroxylation is 1. The van der Waals surface area contributed by atoms with Crippen molar-refractivity contribution in [3.8, 4) is 0 Å². The highest BCUT2D eigenvalue weighted by atomic mass is 16.5. The van der Waals surface area contributed by atoms with Crippen LogP contribution < -0.4 is 0 Å². The predicted molar refractivity (Wildman–Crippen MR) is 98.7 cm³/mol. The Morgan fingerprint density at radius 3 is 2.80 bits per heavy atom. The van der Waals surface area contributed by atoms with Gasteiger partial charge in [0.25, 0.3) is 5.91 Å². The first-order chi connectivity index (χ1) is 12.1. The van der Waals surface area contributed by atoms with Crippen LogP contribution in [-0.4, -0.2) is 62.1 Å². The molecular weight excluding hydrogens is 312 g/mol. The minimum atomic E-state index is 0.196. The van der Waals surface area contributed by atoms with E-state index in [9.17, 15) is 4.79 Å². The van der Waals surface area contributed by atoms with Gasteiger partial charge in [-0.3, -0.25) is 4.79 Å². The number of ether oxygens (including phenoxy) is 1. The lowest BCUT2D eigenvalue weighted by Crippen LogP contribution is -2.38. The Kier molecular flexibility index (Phi) is 4.59. The van der Waals surface area contributed by atoms with Crippen molar-refractivity contribution >= 4 is 5.91 Å². The maximum atomic E-state index is 13.0. The highest BCUT2D eigenvalue weighted by Crippen LogP contribution is 2.44. The summed E-state index contributed by atoms with van der Waals surface area (Å²) < 4.78 is 6.05. The zero-order valence-electron chi connectivity index (χ0n) is 15.5. The smallest absolute Gasteiger partial charge is 0.254 e. The van der Waals surface area contributed by atoms with Gasteiger partial charge in [-0.05, 0) is 50.8 Å². The van der Waals surface area contributed by atoms with Gasteiger partial charge in [-0.1, -0.05) is 18.2 Å². The number of hydrogen-bond acceptors (Lipinski definition) is 3. The van der Waals surface area contributed by atoms with Crippen molar-refractivity contribution in [1.82, 2.24) is 9.80 Å². The summed E-state index contributed by atoms with van der Waals surface area (Å²) in [7, 11) is 2.20. The highest BCUT2D eigenvalue weighted by Gasteiger charge is 2.50. The van der Waals surface area contributed by atoms with E-state index in [-0.39, 0.29) is 11.3 Å². The Balaban J connectivity index is 1.43. The number of likely N-dealkylation sites (tertiary alicyclic amines) is 2. The summed E-state index contributed by atoms with van der Waals surface area (Å²) in [5.74, 6) is 1.56. The second-order valence-corrected chi connectivity index (χ2v) is 8.53. The first kappa shape index (κ1) is 17.0. The molecule has 4 heteroatoms. The van der Waals surface area contributed by atoms with Gasteiger partial charge < -0.3 is 14.5 Å². The molecule has 4 nitrogen and oxygen atoms in total. The Hall–Kier alpha value is -1.39. The molecule has 1 amide bonds. The largest absolute Gasteiger partial charge is 0.381 e. The molecule has 1 aliphatic carbocycles. The molecule has 3 fully saturated rings. The van der Waals surface area contributed by atoms with Crippen LogP contribution in [0, 0.1) is 24.2 Å².